The second-order valence-electron chi connectivity index (χ2n) is 6.42. The number of hydrogen-bond donors (Lipinski definition) is 1. The Morgan fingerprint density at radius 2 is 1.78 bits per heavy atom. The van der Waals surface area contributed by atoms with Crippen LogP contribution < -0.4 is 24.3 Å². The summed E-state index contributed by atoms with van der Waals surface area (Å²) in [6.45, 7) is 1.95. The Balaban J connectivity index is 1.32. The van der Waals surface area contributed by atoms with E-state index in [0.717, 1.165) is 29.0 Å². The molecule has 0 unspecified atom stereocenters. The lowest BCUT2D eigenvalue weighted by Crippen LogP contribution is -2.27. The van der Waals surface area contributed by atoms with Crippen LogP contribution in [0.3, 0.4) is 0 Å². The quantitative estimate of drug-likeness (QED) is 0.851. The monoisotopic (exact) mass is 389 g/mol. The average molecular weight is 390 g/mol. The van der Waals surface area contributed by atoms with Crippen LogP contribution in [0.15, 0.2) is 30.3 Å². The molecule has 1 N–H and O–H groups in total. The standard InChI is InChI=1S/C20H20ClNO5/c21-15-8-14(10-18-20(15)25-7-1-6-24-18)11-19(23)22-5-4-13-2-3-16-17(9-13)27-12-26-16/h2-3,8-10H,1,4-7,11-12H2,(H,22,23). The minimum atomic E-state index is -0.0682. The van der Waals surface area contributed by atoms with Gasteiger partial charge in [0.15, 0.2) is 23.0 Å². The predicted octanol–water partition coefficient (Wildman–Crippen LogP) is 3.13. The Hall–Kier alpha value is -2.60. The number of benzene rings is 2. The van der Waals surface area contributed by atoms with E-state index in [4.69, 9.17) is 30.5 Å². The van der Waals surface area contributed by atoms with Crippen molar-refractivity contribution in [2.24, 2.45) is 0 Å². The van der Waals surface area contributed by atoms with Crippen LogP contribution in [0.2, 0.25) is 5.02 Å². The molecule has 0 aromatic heterocycles. The molecular weight excluding hydrogens is 370 g/mol. The Morgan fingerprint density at radius 1 is 0.963 bits per heavy atom. The van der Waals surface area contributed by atoms with Gasteiger partial charge >= 0.3 is 0 Å². The maximum Gasteiger partial charge on any atom is 0.231 e. The van der Waals surface area contributed by atoms with Gasteiger partial charge in [-0.15, -0.1) is 0 Å². The summed E-state index contributed by atoms with van der Waals surface area (Å²) in [7, 11) is 0. The third kappa shape index (κ3) is 4.22. The highest BCUT2D eigenvalue weighted by atomic mass is 35.5. The van der Waals surface area contributed by atoms with Gasteiger partial charge in [0.2, 0.25) is 12.7 Å². The number of nitrogens with one attached hydrogen (secondary N) is 1. The molecule has 27 heavy (non-hydrogen) atoms. The molecule has 2 aromatic rings. The van der Waals surface area contributed by atoms with Crippen LogP contribution >= 0.6 is 11.6 Å². The van der Waals surface area contributed by atoms with Crippen LogP contribution in [0.25, 0.3) is 0 Å². The zero-order valence-electron chi connectivity index (χ0n) is 14.8. The van der Waals surface area contributed by atoms with Crippen molar-refractivity contribution < 1.29 is 23.7 Å². The van der Waals surface area contributed by atoms with E-state index in [1.165, 1.54) is 0 Å². The number of amides is 1. The molecule has 142 valence electrons. The van der Waals surface area contributed by atoms with Crippen molar-refractivity contribution in [2.45, 2.75) is 19.3 Å². The lowest BCUT2D eigenvalue weighted by Gasteiger charge is -2.12. The zero-order chi connectivity index (χ0) is 18.6. The van der Waals surface area contributed by atoms with E-state index in [1.54, 1.807) is 6.07 Å². The topological polar surface area (TPSA) is 66.0 Å². The molecule has 0 fully saturated rings. The molecule has 4 rings (SSSR count). The first-order valence-corrected chi connectivity index (χ1v) is 9.30. The summed E-state index contributed by atoms with van der Waals surface area (Å²) in [6, 6.07) is 9.39. The molecule has 0 aliphatic carbocycles. The van der Waals surface area contributed by atoms with Gasteiger partial charge in [-0.3, -0.25) is 4.79 Å². The highest BCUT2D eigenvalue weighted by Crippen LogP contribution is 2.38. The first-order chi connectivity index (χ1) is 13.2. The Labute approximate surface area is 162 Å². The molecule has 2 heterocycles. The second-order valence-corrected chi connectivity index (χ2v) is 6.83. The van der Waals surface area contributed by atoms with Gasteiger partial charge in [0.1, 0.15) is 0 Å². The molecule has 2 aromatic carbocycles. The lowest BCUT2D eigenvalue weighted by atomic mass is 10.1. The number of halogens is 1. The van der Waals surface area contributed by atoms with Gasteiger partial charge in [-0.1, -0.05) is 17.7 Å². The molecular formula is C20H20ClNO5. The number of rotatable bonds is 5. The molecule has 0 spiro atoms. The Morgan fingerprint density at radius 3 is 2.70 bits per heavy atom. The van der Waals surface area contributed by atoms with Crippen molar-refractivity contribution in [2.75, 3.05) is 26.6 Å². The van der Waals surface area contributed by atoms with Crippen LogP contribution in [0.4, 0.5) is 0 Å². The van der Waals surface area contributed by atoms with Crippen LogP contribution in [0.5, 0.6) is 23.0 Å². The minimum Gasteiger partial charge on any atom is -0.489 e. The van der Waals surface area contributed by atoms with E-state index in [-0.39, 0.29) is 19.1 Å². The summed E-state index contributed by atoms with van der Waals surface area (Å²) >= 11 is 6.28. The molecule has 6 nitrogen and oxygen atoms in total. The van der Waals surface area contributed by atoms with Gasteiger partial charge in [0.25, 0.3) is 0 Å². The van der Waals surface area contributed by atoms with Gasteiger partial charge in [0, 0.05) is 13.0 Å². The van der Waals surface area contributed by atoms with Crippen molar-refractivity contribution in [3.05, 3.63) is 46.5 Å². The van der Waals surface area contributed by atoms with E-state index in [0.29, 0.717) is 42.7 Å². The fourth-order valence-electron chi connectivity index (χ4n) is 3.08. The smallest absolute Gasteiger partial charge is 0.231 e. The van der Waals surface area contributed by atoms with Crippen molar-refractivity contribution >= 4 is 17.5 Å². The second kappa shape index (κ2) is 7.96. The molecule has 0 radical (unpaired) electrons. The Bertz CT molecular complexity index is 855. The summed E-state index contributed by atoms with van der Waals surface area (Å²) in [5, 5.41) is 3.40. The molecule has 1 amide bonds. The van der Waals surface area contributed by atoms with Gasteiger partial charge in [-0.25, -0.2) is 0 Å². The van der Waals surface area contributed by atoms with Gasteiger partial charge < -0.3 is 24.3 Å². The first kappa shape index (κ1) is 17.8. The van der Waals surface area contributed by atoms with E-state index in [2.05, 4.69) is 5.32 Å². The molecule has 0 bridgehead atoms. The molecule has 2 aliphatic rings. The van der Waals surface area contributed by atoms with Crippen LogP contribution in [-0.4, -0.2) is 32.5 Å². The third-order valence-corrected chi connectivity index (χ3v) is 4.68. The summed E-state index contributed by atoms with van der Waals surface area (Å²) < 4.78 is 21.9. The zero-order valence-corrected chi connectivity index (χ0v) is 15.5. The maximum atomic E-state index is 12.3. The number of carbonyl (C=O) groups is 1. The van der Waals surface area contributed by atoms with E-state index >= 15 is 0 Å². The number of carbonyl (C=O) groups excluding carboxylic acids is 1. The molecule has 0 atom stereocenters. The fourth-order valence-corrected chi connectivity index (χ4v) is 3.36. The minimum absolute atomic E-state index is 0.0682. The van der Waals surface area contributed by atoms with Gasteiger partial charge in [-0.05, 0) is 41.8 Å². The van der Waals surface area contributed by atoms with Crippen LogP contribution in [0.1, 0.15) is 17.5 Å². The summed E-state index contributed by atoms with van der Waals surface area (Å²) in [5.74, 6) is 2.60. The van der Waals surface area contributed by atoms with Crippen molar-refractivity contribution in [1.29, 1.82) is 0 Å². The van der Waals surface area contributed by atoms with E-state index < -0.39 is 0 Å². The molecule has 2 aliphatic heterocycles. The fraction of sp³-hybridized carbons (Fsp3) is 0.350. The predicted molar refractivity (Wildman–Crippen MR) is 100 cm³/mol. The summed E-state index contributed by atoms with van der Waals surface area (Å²) in [4.78, 5) is 12.3. The SMILES string of the molecule is O=C(Cc1cc(Cl)c2c(c1)OCCCO2)NCCc1ccc2c(c1)OCO2. The summed E-state index contributed by atoms with van der Waals surface area (Å²) in [6.07, 6.45) is 1.75. The molecule has 0 saturated heterocycles. The normalized spacial score (nSPS) is 14.6. The van der Waals surface area contributed by atoms with Crippen LogP contribution in [-0.2, 0) is 17.6 Å². The van der Waals surface area contributed by atoms with Crippen molar-refractivity contribution in [1.82, 2.24) is 5.32 Å². The molecule has 0 saturated carbocycles. The highest BCUT2D eigenvalue weighted by Gasteiger charge is 2.17. The average Bonchev–Trinajstić information content (AvgIpc) is 2.98. The van der Waals surface area contributed by atoms with Gasteiger partial charge in [-0.2, -0.15) is 0 Å². The third-order valence-electron chi connectivity index (χ3n) is 4.40. The van der Waals surface area contributed by atoms with Crippen molar-refractivity contribution in [3.63, 3.8) is 0 Å². The first-order valence-electron chi connectivity index (χ1n) is 8.92. The number of hydrogen-bond acceptors (Lipinski definition) is 5. The van der Waals surface area contributed by atoms with E-state index in [9.17, 15) is 4.79 Å². The lowest BCUT2D eigenvalue weighted by molar-refractivity contribution is -0.120. The Kier molecular flexibility index (Phi) is 5.25. The highest BCUT2D eigenvalue weighted by molar-refractivity contribution is 6.32. The van der Waals surface area contributed by atoms with E-state index in [1.807, 2.05) is 24.3 Å². The summed E-state index contributed by atoms with van der Waals surface area (Å²) in [5.41, 5.74) is 1.88. The van der Waals surface area contributed by atoms with Crippen molar-refractivity contribution in [3.8, 4) is 23.0 Å². The largest absolute Gasteiger partial charge is 0.489 e. The number of ether oxygens (including phenoxy) is 4. The van der Waals surface area contributed by atoms with Crippen LogP contribution in [0, 0.1) is 0 Å². The molecule has 7 heteroatoms. The number of fused-ring (bicyclic) bond motifs is 2. The van der Waals surface area contributed by atoms with Gasteiger partial charge in [0.05, 0.1) is 24.7 Å². The maximum absolute atomic E-state index is 12.3.